The molecule has 1 aromatic rings. The van der Waals surface area contributed by atoms with Gasteiger partial charge < -0.3 is 4.89 Å². The lowest BCUT2D eigenvalue weighted by Crippen LogP contribution is -2.20. The molecule has 1 atom stereocenters. The summed E-state index contributed by atoms with van der Waals surface area (Å²) in [5.74, 6) is 0.809. The van der Waals surface area contributed by atoms with Crippen molar-refractivity contribution in [2.45, 2.75) is 13.2 Å². The Kier molecular flexibility index (Phi) is 1.98. The van der Waals surface area contributed by atoms with Gasteiger partial charge in [0.1, 0.15) is 0 Å². The molecule has 1 N–H and O–H groups in total. The molecule has 1 heterocycles. The van der Waals surface area contributed by atoms with Gasteiger partial charge in [-0.05, 0) is 12.6 Å². The Balaban J connectivity index is 2.24. The summed E-state index contributed by atoms with van der Waals surface area (Å²) in [6.07, 6.45) is -0.105. The number of hydrogen-bond acceptors (Lipinski definition) is 3. The Morgan fingerprint density at radius 2 is 2.25 bits per heavy atom. The van der Waals surface area contributed by atoms with Crippen molar-refractivity contribution in [3.63, 3.8) is 0 Å². The molecule has 2 rings (SSSR count). The van der Waals surface area contributed by atoms with Crippen LogP contribution in [0.5, 0.6) is 5.75 Å². The lowest BCUT2D eigenvalue weighted by atomic mass is 10.2. The van der Waals surface area contributed by atoms with E-state index in [1.54, 1.807) is 0 Å². The average molecular weight is 165 g/mol. The summed E-state index contributed by atoms with van der Waals surface area (Å²) >= 11 is 0. The maximum absolute atomic E-state index is 5.05. The largest absolute Gasteiger partial charge is 0.335 e. The minimum atomic E-state index is -0.105. The number of rotatable bonds is 2. The standard InChI is InChI=1S/C9H11NO2/c1-2-10-9-7-5-3-4-6-8(7)11-12-9/h3-6,9-10H,2H2,1H3. The average Bonchev–Trinajstić information content (AvgIpc) is 2.50. The number of nitrogens with one attached hydrogen (secondary N) is 1. The number of benzene rings is 1. The minimum absolute atomic E-state index is 0.105. The van der Waals surface area contributed by atoms with Crippen LogP contribution < -0.4 is 10.2 Å². The molecule has 0 fully saturated rings. The fourth-order valence-electron chi connectivity index (χ4n) is 1.25. The van der Waals surface area contributed by atoms with E-state index in [2.05, 4.69) is 5.32 Å². The maximum atomic E-state index is 5.05. The zero-order valence-corrected chi connectivity index (χ0v) is 6.91. The quantitative estimate of drug-likeness (QED) is 0.675. The summed E-state index contributed by atoms with van der Waals surface area (Å²) in [7, 11) is 0. The Bertz CT molecular complexity index is 273. The van der Waals surface area contributed by atoms with Crippen LogP contribution in [0, 0.1) is 0 Å². The fourth-order valence-corrected chi connectivity index (χ4v) is 1.25. The molecule has 0 amide bonds. The number of hydrogen-bond donors (Lipinski definition) is 1. The molecule has 1 unspecified atom stereocenters. The van der Waals surface area contributed by atoms with Crippen LogP contribution in [0.2, 0.25) is 0 Å². The van der Waals surface area contributed by atoms with E-state index in [0.29, 0.717) is 0 Å². The molecule has 64 valence electrons. The van der Waals surface area contributed by atoms with Crippen LogP contribution in [0.4, 0.5) is 0 Å². The molecule has 1 aliphatic heterocycles. The van der Waals surface area contributed by atoms with E-state index >= 15 is 0 Å². The molecule has 0 aliphatic carbocycles. The van der Waals surface area contributed by atoms with E-state index in [9.17, 15) is 0 Å². The summed E-state index contributed by atoms with van der Waals surface area (Å²) < 4.78 is 0. The molecule has 12 heavy (non-hydrogen) atoms. The molecule has 3 heteroatoms. The molecule has 0 spiro atoms. The van der Waals surface area contributed by atoms with E-state index in [4.69, 9.17) is 9.78 Å². The SMILES string of the molecule is CCNC1OOc2ccccc21. The Hall–Kier alpha value is -1.06. The second-order valence-corrected chi connectivity index (χ2v) is 2.66. The Labute approximate surface area is 71.2 Å². The normalized spacial score (nSPS) is 20.2. The van der Waals surface area contributed by atoms with Crippen molar-refractivity contribution in [3.05, 3.63) is 29.8 Å². The Morgan fingerprint density at radius 1 is 1.42 bits per heavy atom. The highest BCUT2D eigenvalue weighted by Gasteiger charge is 2.24. The van der Waals surface area contributed by atoms with Crippen LogP contribution in [0.25, 0.3) is 0 Å². The van der Waals surface area contributed by atoms with Gasteiger partial charge in [0.05, 0.1) is 0 Å². The van der Waals surface area contributed by atoms with Crippen LogP contribution in [0.3, 0.4) is 0 Å². The van der Waals surface area contributed by atoms with Gasteiger partial charge in [0.2, 0.25) is 0 Å². The van der Waals surface area contributed by atoms with Crippen LogP contribution in [-0.2, 0) is 4.89 Å². The summed E-state index contributed by atoms with van der Waals surface area (Å²) in [6.45, 7) is 2.90. The molecule has 1 aliphatic rings. The molecule has 0 saturated carbocycles. The van der Waals surface area contributed by atoms with Crippen LogP contribution >= 0.6 is 0 Å². The van der Waals surface area contributed by atoms with Crippen molar-refractivity contribution >= 4 is 0 Å². The predicted molar refractivity (Wildman–Crippen MR) is 44.6 cm³/mol. The highest BCUT2D eigenvalue weighted by molar-refractivity contribution is 5.36. The number of fused-ring (bicyclic) bond motifs is 1. The lowest BCUT2D eigenvalue weighted by Gasteiger charge is -2.06. The van der Waals surface area contributed by atoms with E-state index < -0.39 is 0 Å². The third kappa shape index (κ3) is 1.17. The summed E-state index contributed by atoms with van der Waals surface area (Å²) in [4.78, 5) is 10.1. The van der Waals surface area contributed by atoms with Gasteiger partial charge in [-0.25, -0.2) is 0 Å². The topological polar surface area (TPSA) is 30.5 Å². The minimum Gasteiger partial charge on any atom is -0.335 e. The molecular weight excluding hydrogens is 154 g/mol. The highest BCUT2D eigenvalue weighted by Crippen LogP contribution is 2.32. The third-order valence-corrected chi connectivity index (χ3v) is 1.83. The summed E-state index contributed by atoms with van der Waals surface area (Å²) in [5, 5.41) is 3.15. The molecule has 0 aromatic heterocycles. The Morgan fingerprint density at radius 3 is 3.08 bits per heavy atom. The smallest absolute Gasteiger partial charge is 0.184 e. The third-order valence-electron chi connectivity index (χ3n) is 1.83. The first-order chi connectivity index (χ1) is 5.92. The van der Waals surface area contributed by atoms with E-state index in [0.717, 1.165) is 17.9 Å². The van der Waals surface area contributed by atoms with Crippen molar-refractivity contribution in [2.75, 3.05) is 6.54 Å². The molecule has 0 saturated heterocycles. The van der Waals surface area contributed by atoms with E-state index in [1.807, 2.05) is 31.2 Å². The first-order valence-electron chi connectivity index (χ1n) is 4.07. The van der Waals surface area contributed by atoms with Gasteiger partial charge in [-0.15, -0.1) is 0 Å². The zero-order valence-electron chi connectivity index (χ0n) is 6.91. The van der Waals surface area contributed by atoms with Crippen LogP contribution in [-0.4, -0.2) is 6.54 Å². The summed E-state index contributed by atoms with van der Waals surface area (Å²) in [5.41, 5.74) is 1.07. The predicted octanol–water partition coefficient (Wildman–Crippen LogP) is 1.62. The zero-order chi connectivity index (χ0) is 8.39. The van der Waals surface area contributed by atoms with Crippen molar-refractivity contribution < 1.29 is 9.78 Å². The lowest BCUT2D eigenvalue weighted by molar-refractivity contribution is -0.231. The van der Waals surface area contributed by atoms with Crippen molar-refractivity contribution in [2.24, 2.45) is 0 Å². The van der Waals surface area contributed by atoms with E-state index in [1.165, 1.54) is 0 Å². The van der Waals surface area contributed by atoms with Crippen molar-refractivity contribution in [1.82, 2.24) is 5.32 Å². The van der Waals surface area contributed by atoms with Crippen LogP contribution in [0.15, 0.2) is 24.3 Å². The number of para-hydroxylation sites is 1. The van der Waals surface area contributed by atoms with Crippen molar-refractivity contribution in [1.29, 1.82) is 0 Å². The first kappa shape index (κ1) is 7.58. The highest BCUT2D eigenvalue weighted by atomic mass is 17.2. The van der Waals surface area contributed by atoms with Gasteiger partial charge in [-0.3, -0.25) is 5.32 Å². The maximum Gasteiger partial charge on any atom is 0.184 e. The monoisotopic (exact) mass is 165 g/mol. The fraction of sp³-hybridized carbons (Fsp3) is 0.333. The van der Waals surface area contributed by atoms with Gasteiger partial charge in [-0.1, -0.05) is 25.1 Å². The molecule has 0 radical (unpaired) electrons. The molecular formula is C9H11NO2. The molecule has 3 nitrogen and oxygen atoms in total. The van der Waals surface area contributed by atoms with Gasteiger partial charge in [0.25, 0.3) is 0 Å². The van der Waals surface area contributed by atoms with Gasteiger partial charge in [0, 0.05) is 5.56 Å². The second-order valence-electron chi connectivity index (χ2n) is 2.66. The second kappa shape index (κ2) is 3.13. The van der Waals surface area contributed by atoms with Gasteiger partial charge in [0.15, 0.2) is 12.0 Å². The molecule has 0 bridgehead atoms. The van der Waals surface area contributed by atoms with Gasteiger partial charge >= 0.3 is 0 Å². The van der Waals surface area contributed by atoms with Crippen LogP contribution in [0.1, 0.15) is 18.7 Å². The first-order valence-corrected chi connectivity index (χ1v) is 4.07. The summed E-state index contributed by atoms with van der Waals surface area (Å²) in [6, 6.07) is 7.79. The van der Waals surface area contributed by atoms with Crippen molar-refractivity contribution in [3.8, 4) is 5.75 Å². The molecule has 1 aromatic carbocycles. The van der Waals surface area contributed by atoms with E-state index in [-0.39, 0.29) is 6.23 Å². The van der Waals surface area contributed by atoms with Gasteiger partial charge in [-0.2, -0.15) is 4.89 Å².